The van der Waals surface area contributed by atoms with Gasteiger partial charge in [0.1, 0.15) is 16.5 Å². The predicted molar refractivity (Wildman–Crippen MR) is 144 cm³/mol. The van der Waals surface area contributed by atoms with E-state index in [0.29, 0.717) is 62.9 Å². The molecular formula is C28H26N4O5S. The summed E-state index contributed by atoms with van der Waals surface area (Å²) in [7, 11) is 3.17. The number of para-hydroxylation sites is 1. The van der Waals surface area contributed by atoms with Crippen LogP contribution in [-0.2, 0) is 17.8 Å². The Balaban J connectivity index is 1.50. The molecule has 2 N–H and O–H groups in total. The average molecular weight is 531 g/mol. The van der Waals surface area contributed by atoms with Crippen LogP contribution in [0.3, 0.4) is 0 Å². The van der Waals surface area contributed by atoms with E-state index in [1.165, 1.54) is 11.8 Å². The molecule has 0 atom stereocenters. The van der Waals surface area contributed by atoms with Crippen LogP contribution in [0.15, 0.2) is 59.8 Å². The number of amides is 1. The normalized spacial score (nSPS) is 11.7. The first-order chi connectivity index (χ1) is 18.5. The van der Waals surface area contributed by atoms with Crippen LogP contribution in [0.2, 0.25) is 0 Å². The summed E-state index contributed by atoms with van der Waals surface area (Å²) in [5, 5.41) is 13.4. The summed E-state index contributed by atoms with van der Waals surface area (Å²) < 4.78 is 17.0. The van der Waals surface area contributed by atoms with Gasteiger partial charge in [0.05, 0.1) is 43.4 Å². The minimum Gasteiger partial charge on any atom is -0.497 e. The fourth-order valence-electron chi connectivity index (χ4n) is 4.19. The molecule has 2 aromatic heterocycles. The molecular weight excluding hydrogens is 504 g/mol. The Morgan fingerprint density at radius 3 is 2.74 bits per heavy atom. The number of aliphatic hydroxyl groups excluding tert-OH is 1. The van der Waals surface area contributed by atoms with Crippen molar-refractivity contribution in [2.75, 3.05) is 25.3 Å². The first-order valence-electron chi connectivity index (χ1n) is 11.9. The monoisotopic (exact) mass is 530 g/mol. The van der Waals surface area contributed by atoms with Crippen LogP contribution < -0.4 is 19.5 Å². The zero-order chi connectivity index (χ0) is 26.6. The summed E-state index contributed by atoms with van der Waals surface area (Å²) in [6.45, 7) is 1.69. The Bertz CT molecular complexity index is 1510. The second kappa shape index (κ2) is 11.1. The van der Waals surface area contributed by atoms with Crippen molar-refractivity contribution in [3.63, 3.8) is 0 Å². The Hall–Kier alpha value is -4.15. The third kappa shape index (κ3) is 5.13. The maximum absolute atomic E-state index is 12.8. The number of thioether (sulfide) groups is 1. The Labute approximate surface area is 224 Å². The molecule has 38 heavy (non-hydrogen) atoms. The zero-order valence-electron chi connectivity index (χ0n) is 21.1. The number of carbonyl (C=O) groups excluding carboxylic acids is 1. The van der Waals surface area contributed by atoms with E-state index in [0.717, 1.165) is 11.1 Å². The summed E-state index contributed by atoms with van der Waals surface area (Å²) in [4.78, 5) is 26.8. The number of rotatable bonds is 8. The van der Waals surface area contributed by atoms with Gasteiger partial charge in [0.2, 0.25) is 11.8 Å². The van der Waals surface area contributed by atoms with Gasteiger partial charge in [-0.15, -0.1) is 0 Å². The van der Waals surface area contributed by atoms with Gasteiger partial charge >= 0.3 is 0 Å². The molecule has 1 aliphatic heterocycles. The first-order valence-corrected chi connectivity index (χ1v) is 12.9. The van der Waals surface area contributed by atoms with Gasteiger partial charge < -0.3 is 24.6 Å². The first kappa shape index (κ1) is 25.5. The van der Waals surface area contributed by atoms with Crippen LogP contribution in [0.1, 0.15) is 22.4 Å². The summed E-state index contributed by atoms with van der Waals surface area (Å²) >= 11 is 1.29. The number of nitrogens with one attached hydrogen (secondary N) is 1. The average Bonchev–Trinajstić information content (AvgIpc) is 2.95. The quantitative estimate of drug-likeness (QED) is 0.216. The van der Waals surface area contributed by atoms with Crippen molar-refractivity contribution in [1.82, 2.24) is 15.0 Å². The van der Waals surface area contributed by atoms with Crippen molar-refractivity contribution >= 4 is 23.4 Å². The highest BCUT2D eigenvalue weighted by Gasteiger charge is 2.28. The van der Waals surface area contributed by atoms with E-state index in [4.69, 9.17) is 24.2 Å². The molecule has 10 heteroatoms. The zero-order valence-corrected chi connectivity index (χ0v) is 22.0. The number of carbonyl (C=O) groups is 1. The molecule has 0 radical (unpaired) electrons. The molecule has 2 aromatic carbocycles. The van der Waals surface area contributed by atoms with Crippen LogP contribution >= 0.6 is 11.8 Å². The maximum Gasteiger partial charge on any atom is 0.234 e. The Morgan fingerprint density at radius 1 is 1.11 bits per heavy atom. The number of hydrogen-bond donors (Lipinski definition) is 2. The molecule has 0 bridgehead atoms. The van der Waals surface area contributed by atoms with E-state index in [1.807, 2.05) is 43.3 Å². The number of aliphatic hydroxyl groups is 1. The van der Waals surface area contributed by atoms with Gasteiger partial charge in [-0.3, -0.25) is 9.78 Å². The van der Waals surface area contributed by atoms with Gasteiger partial charge in [0.25, 0.3) is 0 Å². The molecule has 5 rings (SSSR count). The van der Waals surface area contributed by atoms with E-state index < -0.39 is 0 Å². The summed E-state index contributed by atoms with van der Waals surface area (Å²) in [5.41, 5.74) is 4.31. The lowest BCUT2D eigenvalue weighted by Crippen LogP contribution is -2.16. The number of anilines is 1. The number of pyridine rings is 1. The van der Waals surface area contributed by atoms with Crippen LogP contribution in [0.4, 0.5) is 5.69 Å². The van der Waals surface area contributed by atoms with E-state index in [2.05, 4.69) is 10.3 Å². The molecule has 0 aliphatic carbocycles. The molecule has 0 unspecified atom stereocenters. The highest BCUT2D eigenvalue weighted by Crippen LogP contribution is 2.43. The van der Waals surface area contributed by atoms with Crippen molar-refractivity contribution in [3.8, 4) is 34.5 Å². The van der Waals surface area contributed by atoms with Crippen LogP contribution in [0.25, 0.3) is 11.4 Å². The lowest BCUT2D eigenvalue weighted by atomic mass is 9.99. The van der Waals surface area contributed by atoms with Crippen molar-refractivity contribution in [1.29, 1.82) is 0 Å². The number of fused-ring (bicyclic) bond motifs is 2. The van der Waals surface area contributed by atoms with Crippen LogP contribution in [-0.4, -0.2) is 45.9 Å². The molecule has 0 saturated heterocycles. The van der Waals surface area contributed by atoms with Gasteiger partial charge in [0.15, 0.2) is 11.6 Å². The molecule has 1 aliphatic rings. The topological polar surface area (TPSA) is 116 Å². The van der Waals surface area contributed by atoms with Gasteiger partial charge in [-0.05, 0) is 31.2 Å². The molecule has 0 spiro atoms. The summed E-state index contributed by atoms with van der Waals surface area (Å²) in [6, 6.07) is 14.6. The van der Waals surface area contributed by atoms with E-state index in [9.17, 15) is 9.90 Å². The van der Waals surface area contributed by atoms with Gasteiger partial charge in [0, 0.05) is 35.5 Å². The number of aryl methyl sites for hydroxylation is 1. The third-order valence-corrected chi connectivity index (χ3v) is 7.12. The number of benzene rings is 2. The molecule has 1 amide bonds. The second-order valence-corrected chi connectivity index (χ2v) is 9.48. The van der Waals surface area contributed by atoms with Gasteiger partial charge in [-0.1, -0.05) is 30.0 Å². The summed E-state index contributed by atoms with van der Waals surface area (Å²) in [6.07, 6.45) is 2.09. The van der Waals surface area contributed by atoms with E-state index in [1.54, 1.807) is 32.5 Å². The number of methoxy groups -OCH3 is 2. The van der Waals surface area contributed by atoms with Crippen molar-refractivity contribution in [2.24, 2.45) is 0 Å². The van der Waals surface area contributed by atoms with E-state index in [-0.39, 0.29) is 18.3 Å². The Kier molecular flexibility index (Phi) is 7.43. The van der Waals surface area contributed by atoms with Gasteiger partial charge in [-0.25, -0.2) is 4.98 Å². The molecule has 9 nitrogen and oxygen atoms in total. The molecule has 0 saturated carbocycles. The Morgan fingerprint density at radius 2 is 1.95 bits per heavy atom. The fraction of sp³-hybridized carbons (Fsp3) is 0.214. The van der Waals surface area contributed by atoms with Crippen molar-refractivity contribution in [3.05, 3.63) is 77.1 Å². The van der Waals surface area contributed by atoms with Crippen LogP contribution in [0.5, 0.6) is 23.1 Å². The molecule has 0 fully saturated rings. The number of nitrogens with zero attached hydrogens (tertiary/aromatic N) is 3. The number of ether oxygens (including phenoxy) is 3. The number of aromatic nitrogens is 3. The third-order valence-electron chi connectivity index (χ3n) is 6.10. The minimum atomic E-state index is -0.192. The molecule has 194 valence electrons. The second-order valence-electron chi connectivity index (χ2n) is 8.52. The highest BCUT2D eigenvalue weighted by molar-refractivity contribution is 8.00. The SMILES string of the molecule is COc1cccc(NC(=O)CSc2nc(-c3ccccc3OC)nc3c2Cc2c(CO)cnc(C)c2O3)c1. The lowest BCUT2D eigenvalue weighted by Gasteiger charge is -2.24. The highest BCUT2D eigenvalue weighted by atomic mass is 32.2. The maximum atomic E-state index is 12.8. The van der Waals surface area contributed by atoms with Crippen molar-refractivity contribution in [2.45, 2.75) is 25.0 Å². The smallest absolute Gasteiger partial charge is 0.234 e. The minimum absolute atomic E-state index is 0.112. The molecule has 3 heterocycles. The molecule has 4 aromatic rings. The lowest BCUT2D eigenvalue weighted by molar-refractivity contribution is -0.113. The summed E-state index contributed by atoms with van der Waals surface area (Å²) in [5.74, 6) is 2.59. The van der Waals surface area contributed by atoms with Crippen LogP contribution in [0, 0.1) is 6.92 Å². The van der Waals surface area contributed by atoms with Crippen molar-refractivity contribution < 1.29 is 24.1 Å². The predicted octanol–water partition coefficient (Wildman–Crippen LogP) is 4.78. The standard InChI is InChI=1S/C28H26N4O5S/c1-16-25-21(17(14-33)13-29-16)12-22-27(37-25)31-26(20-9-4-5-10-23(20)36-3)32-28(22)38-15-24(34)30-18-7-6-8-19(11-18)35-2/h4-11,13,33H,12,14-15H2,1-3H3,(H,30,34). The van der Waals surface area contributed by atoms with Gasteiger partial charge in [-0.2, -0.15) is 4.98 Å². The largest absolute Gasteiger partial charge is 0.497 e. The number of hydrogen-bond acceptors (Lipinski definition) is 9. The fourth-order valence-corrected chi connectivity index (χ4v) is 5.02. The van der Waals surface area contributed by atoms with E-state index >= 15 is 0 Å².